The van der Waals surface area contributed by atoms with Crippen LogP contribution in [0.1, 0.15) is 18.6 Å². The van der Waals surface area contributed by atoms with E-state index in [2.05, 4.69) is 11.8 Å². The van der Waals surface area contributed by atoms with Gasteiger partial charge in [0.25, 0.3) is 0 Å². The lowest BCUT2D eigenvalue weighted by Gasteiger charge is -2.34. The number of ether oxygens (including phenoxy) is 1. The first-order valence-corrected chi connectivity index (χ1v) is 5.98. The molecule has 1 heterocycles. The number of rotatable bonds is 3. The predicted octanol–water partition coefficient (Wildman–Crippen LogP) is 1.58. The van der Waals surface area contributed by atoms with E-state index in [1.807, 2.05) is 0 Å². The van der Waals surface area contributed by atoms with Crippen LogP contribution in [0.2, 0.25) is 0 Å². The average molecular weight is 239 g/mol. The van der Waals surface area contributed by atoms with Crippen molar-refractivity contribution in [3.05, 3.63) is 35.6 Å². The Balaban J connectivity index is 2.03. The van der Waals surface area contributed by atoms with Crippen LogP contribution in [-0.4, -0.2) is 42.4 Å². The largest absolute Gasteiger partial charge is 0.386 e. The Hall–Kier alpha value is -0.970. The molecule has 17 heavy (non-hydrogen) atoms. The third-order valence-electron chi connectivity index (χ3n) is 3.19. The zero-order valence-electron chi connectivity index (χ0n) is 9.97. The number of hydrogen-bond donors (Lipinski definition) is 1. The topological polar surface area (TPSA) is 32.7 Å². The van der Waals surface area contributed by atoms with Gasteiger partial charge >= 0.3 is 0 Å². The summed E-state index contributed by atoms with van der Waals surface area (Å²) in [5.74, 6) is -0.291. The summed E-state index contributed by atoms with van der Waals surface area (Å²) in [6.45, 7) is 5.30. The number of hydrogen-bond acceptors (Lipinski definition) is 3. The maximum atomic E-state index is 12.8. The highest BCUT2D eigenvalue weighted by molar-refractivity contribution is 5.19. The molecular weight excluding hydrogens is 221 g/mol. The number of aliphatic hydroxyl groups excluding tert-OH is 1. The third-order valence-corrected chi connectivity index (χ3v) is 3.19. The summed E-state index contributed by atoms with van der Waals surface area (Å²) in [6, 6.07) is 5.93. The summed E-state index contributed by atoms with van der Waals surface area (Å²) in [5, 5.41) is 10.2. The molecule has 2 unspecified atom stereocenters. The first-order valence-electron chi connectivity index (χ1n) is 5.98. The highest BCUT2D eigenvalue weighted by Crippen LogP contribution is 2.22. The highest BCUT2D eigenvalue weighted by atomic mass is 19.1. The fourth-order valence-corrected chi connectivity index (χ4v) is 2.08. The van der Waals surface area contributed by atoms with Crippen LogP contribution in [0.15, 0.2) is 24.3 Å². The summed E-state index contributed by atoms with van der Waals surface area (Å²) in [6.07, 6.45) is -0.917. The second-order valence-corrected chi connectivity index (χ2v) is 4.30. The maximum absolute atomic E-state index is 12.8. The van der Waals surface area contributed by atoms with Gasteiger partial charge < -0.3 is 9.84 Å². The van der Waals surface area contributed by atoms with Crippen LogP contribution < -0.4 is 0 Å². The first-order chi connectivity index (χ1) is 8.20. The van der Waals surface area contributed by atoms with E-state index in [0.29, 0.717) is 12.2 Å². The predicted molar refractivity (Wildman–Crippen MR) is 63.2 cm³/mol. The molecule has 0 aromatic heterocycles. The van der Waals surface area contributed by atoms with Crippen molar-refractivity contribution in [3.8, 4) is 0 Å². The Bertz CT molecular complexity index is 355. The Morgan fingerprint density at radius 3 is 2.82 bits per heavy atom. The monoisotopic (exact) mass is 239 g/mol. The number of halogens is 1. The lowest BCUT2D eigenvalue weighted by molar-refractivity contribution is -0.0888. The van der Waals surface area contributed by atoms with E-state index in [1.54, 1.807) is 12.1 Å². The normalized spacial score (nSPS) is 23.6. The standard InChI is InChI=1S/C13H18FNO2/c1-2-15-7-8-17-12(9-15)13(16)10-3-5-11(14)6-4-10/h3-6,12-13,16H,2,7-9H2,1H3. The molecule has 1 aliphatic heterocycles. The van der Waals surface area contributed by atoms with Gasteiger partial charge in [-0.2, -0.15) is 0 Å². The average Bonchev–Trinajstić information content (AvgIpc) is 2.39. The van der Waals surface area contributed by atoms with Crippen LogP contribution in [0, 0.1) is 5.82 Å². The summed E-state index contributed by atoms with van der Waals surface area (Å²) >= 11 is 0. The summed E-state index contributed by atoms with van der Waals surface area (Å²) in [7, 11) is 0. The molecule has 94 valence electrons. The van der Waals surface area contributed by atoms with Crippen LogP contribution in [-0.2, 0) is 4.74 Å². The minimum atomic E-state index is -0.690. The zero-order chi connectivity index (χ0) is 12.3. The molecule has 1 aromatic rings. The van der Waals surface area contributed by atoms with Crippen LogP contribution in [0.5, 0.6) is 0 Å². The van der Waals surface area contributed by atoms with Crippen LogP contribution in [0.25, 0.3) is 0 Å². The molecule has 1 fully saturated rings. The molecule has 2 atom stereocenters. The van der Waals surface area contributed by atoms with Crippen molar-refractivity contribution in [1.29, 1.82) is 0 Å². The molecule has 0 aliphatic carbocycles. The minimum Gasteiger partial charge on any atom is -0.386 e. The van der Waals surface area contributed by atoms with E-state index in [1.165, 1.54) is 12.1 Å². The Morgan fingerprint density at radius 2 is 2.18 bits per heavy atom. The molecule has 1 N–H and O–H groups in total. The fourth-order valence-electron chi connectivity index (χ4n) is 2.08. The highest BCUT2D eigenvalue weighted by Gasteiger charge is 2.27. The number of morpholine rings is 1. The molecule has 2 rings (SSSR count). The van der Waals surface area contributed by atoms with Crippen molar-refractivity contribution in [2.75, 3.05) is 26.2 Å². The third kappa shape index (κ3) is 3.03. The smallest absolute Gasteiger partial charge is 0.123 e. The number of likely N-dealkylation sites (N-methyl/N-ethyl adjacent to an activating group) is 1. The lowest BCUT2D eigenvalue weighted by Crippen LogP contribution is -2.44. The van der Waals surface area contributed by atoms with Crippen molar-refractivity contribution in [2.24, 2.45) is 0 Å². The van der Waals surface area contributed by atoms with Gasteiger partial charge in [-0.3, -0.25) is 4.90 Å². The number of nitrogens with zero attached hydrogens (tertiary/aromatic N) is 1. The van der Waals surface area contributed by atoms with E-state index in [4.69, 9.17) is 4.74 Å². The van der Waals surface area contributed by atoms with Gasteiger partial charge in [0, 0.05) is 13.1 Å². The van der Waals surface area contributed by atoms with Gasteiger partial charge in [-0.1, -0.05) is 19.1 Å². The Kier molecular flexibility index (Phi) is 4.10. The minimum absolute atomic E-state index is 0.228. The molecule has 1 aromatic carbocycles. The summed E-state index contributed by atoms with van der Waals surface area (Å²) < 4.78 is 18.4. The van der Waals surface area contributed by atoms with Crippen molar-refractivity contribution < 1.29 is 14.2 Å². The van der Waals surface area contributed by atoms with Crippen molar-refractivity contribution in [1.82, 2.24) is 4.90 Å². The molecule has 0 bridgehead atoms. The van der Waals surface area contributed by atoms with E-state index in [9.17, 15) is 9.50 Å². The zero-order valence-corrected chi connectivity index (χ0v) is 9.97. The lowest BCUT2D eigenvalue weighted by atomic mass is 10.0. The number of benzene rings is 1. The first kappa shape index (κ1) is 12.5. The van der Waals surface area contributed by atoms with Gasteiger partial charge in [-0.15, -0.1) is 0 Å². The van der Waals surface area contributed by atoms with Gasteiger partial charge in [0.2, 0.25) is 0 Å². The molecule has 4 heteroatoms. The van der Waals surface area contributed by atoms with E-state index in [-0.39, 0.29) is 11.9 Å². The second kappa shape index (κ2) is 5.58. The van der Waals surface area contributed by atoms with Crippen molar-refractivity contribution in [2.45, 2.75) is 19.1 Å². The molecule has 0 spiro atoms. The quantitative estimate of drug-likeness (QED) is 0.869. The van der Waals surface area contributed by atoms with E-state index in [0.717, 1.165) is 19.6 Å². The molecule has 0 radical (unpaired) electrons. The van der Waals surface area contributed by atoms with E-state index < -0.39 is 6.10 Å². The van der Waals surface area contributed by atoms with Gasteiger partial charge in [0.1, 0.15) is 18.0 Å². The molecule has 0 saturated carbocycles. The van der Waals surface area contributed by atoms with Crippen LogP contribution in [0.4, 0.5) is 4.39 Å². The van der Waals surface area contributed by atoms with Crippen LogP contribution >= 0.6 is 0 Å². The SMILES string of the molecule is CCN1CCOC(C(O)c2ccc(F)cc2)C1. The summed E-state index contributed by atoms with van der Waals surface area (Å²) in [5.41, 5.74) is 0.703. The van der Waals surface area contributed by atoms with Gasteiger partial charge in [-0.25, -0.2) is 4.39 Å². The van der Waals surface area contributed by atoms with Crippen molar-refractivity contribution >= 4 is 0 Å². The maximum Gasteiger partial charge on any atom is 0.123 e. The molecule has 3 nitrogen and oxygen atoms in total. The molecule has 1 saturated heterocycles. The van der Waals surface area contributed by atoms with Crippen molar-refractivity contribution in [3.63, 3.8) is 0 Å². The van der Waals surface area contributed by atoms with Gasteiger partial charge in [0.15, 0.2) is 0 Å². The van der Waals surface area contributed by atoms with Gasteiger partial charge in [-0.05, 0) is 24.2 Å². The second-order valence-electron chi connectivity index (χ2n) is 4.30. The number of aliphatic hydroxyl groups is 1. The van der Waals surface area contributed by atoms with Gasteiger partial charge in [0.05, 0.1) is 6.61 Å². The summed E-state index contributed by atoms with van der Waals surface area (Å²) in [4.78, 5) is 2.24. The molecule has 0 amide bonds. The molecular formula is C13H18FNO2. The Labute approximate surface area is 101 Å². The molecule has 1 aliphatic rings. The Morgan fingerprint density at radius 1 is 1.47 bits per heavy atom. The fraction of sp³-hybridized carbons (Fsp3) is 0.538. The van der Waals surface area contributed by atoms with E-state index >= 15 is 0 Å². The van der Waals surface area contributed by atoms with Crippen LogP contribution in [0.3, 0.4) is 0 Å².